The second-order valence-electron chi connectivity index (χ2n) is 2.48. The number of rotatable bonds is 3. The molecule has 1 aromatic heterocycles. The van der Waals surface area contributed by atoms with E-state index in [0.717, 1.165) is 0 Å². The Hall–Kier alpha value is -1.85. The van der Waals surface area contributed by atoms with Gasteiger partial charge in [0.2, 0.25) is 5.82 Å². The van der Waals surface area contributed by atoms with Crippen LogP contribution < -0.4 is 0 Å². The highest BCUT2D eigenvalue weighted by Gasteiger charge is 2.38. The molecule has 0 amide bonds. The molecule has 0 unspecified atom stereocenters. The molecule has 0 N–H and O–H groups in total. The normalized spacial score (nSPS) is 12.6. The minimum Gasteiger partial charge on any atom is -0.329 e. The lowest BCUT2D eigenvalue weighted by Crippen LogP contribution is -2.05. The molecule has 0 aliphatic carbocycles. The van der Waals surface area contributed by atoms with Crippen LogP contribution in [-0.4, -0.2) is 10.1 Å². The Labute approximate surface area is 83.6 Å². The molecule has 3 nitrogen and oxygen atoms in total. The zero-order valence-corrected chi connectivity index (χ0v) is 7.58. The van der Waals surface area contributed by atoms with Crippen molar-refractivity contribution in [3.8, 4) is 0 Å². The van der Waals surface area contributed by atoms with Gasteiger partial charge in [0.25, 0.3) is 0 Å². The highest BCUT2D eigenvalue weighted by Crippen LogP contribution is 2.28. The third-order valence-corrected chi connectivity index (χ3v) is 1.44. The lowest BCUT2D eigenvalue weighted by Gasteiger charge is -1.96. The number of hydrogen-bond donors (Lipinski definition) is 0. The monoisotopic (exact) mass is 216 g/mol. The fourth-order valence-corrected chi connectivity index (χ4v) is 0.817. The SMILES string of the molecule is C=CC=C(C=C)c1noc(C(F)(F)F)n1. The van der Waals surface area contributed by atoms with Crippen LogP contribution in [0.4, 0.5) is 13.2 Å². The van der Waals surface area contributed by atoms with E-state index in [4.69, 9.17) is 0 Å². The molecule has 6 heteroatoms. The Morgan fingerprint density at radius 1 is 1.33 bits per heavy atom. The van der Waals surface area contributed by atoms with E-state index in [1.165, 1.54) is 18.2 Å². The molecule has 0 aliphatic heterocycles. The molecule has 0 saturated heterocycles. The molecule has 1 aromatic rings. The second-order valence-corrected chi connectivity index (χ2v) is 2.48. The Kier molecular flexibility index (Phi) is 3.08. The van der Waals surface area contributed by atoms with Crippen LogP contribution in [0, 0.1) is 0 Å². The van der Waals surface area contributed by atoms with Crippen LogP contribution in [0.2, 0.25) is 0 Å². The molecule has 0 fully saturated rings. The summed E-state index contributed by atoms with van der Waals surface area (Å²) in [7, 11) is 0. The number of hydrogen-bond acceptors (Lipinski definition) is 3. The first-order valence-electron chi connectivity index (χ1n) is 3.85. The Morgan fingerprint density at radius 2 is 2.00 bits per heavy atom. The first-order chi connectivity index (χ1) is 6.99. The van der Waals surface area contributed by atoms with Gasteiger partial charge >= 0.3 is 12.1 Å². The molecule has 0 saturated carbocycles. The van der Waals surface area contributed by atoms with Crippen LogP contribution in [0.3, 0.4) is 0 Å². The fourth-order valence-electron chi connectivity index (χ4n) is 0.817. The third kappa shape index (κ3) is 2.55. The first kappa shape index (κ1) is 11.2. The summed E-state index contributed by atoms with van der Waals surface area (Å²) in [4.78, 5) is 3.18. The van der Waals surface area contributed by atoms with Crippen molar-refractivity contribution in [1.82, 2.24) is 10.1 Å². The lowest BCUT2D eigenvalue weighted by atomic mass is 10.2. The molecule has 0 atom stereocenters. The summed E-state index contributed by atoms with van der Waals surface area (Å²) < 4.78 is 40.3. The molecule has 0 spiro atoms. The van der Waals surface area contributed by atoms with E-state index in [2.05, 4.69) is 27.8 Å². The molecule has 1 heterocycles. The van der Waals surface area contributed by atoms with E-state index in [9.17, 15) is 13.2 Å². The van der Waals surface area contributed by atoms with E-state index in [0.29, 0.717) is 5.57 Å². The standard InChI is InChI=1S/C9H7F3N2O/c1-3-5-6(4-2)7-13-8(15-14-7)9(10,11)12/h3-5H,1-2H2. The van der Waals surface area contributed by atoms with Crippen LogP contribution in [0.1, 0.15) is 11.7 Å². The van der Waals surface area contributed by atoms with Crippen molar-refractivity contribution in [1.29, 1.82) is 0 Å². The van der Waals surface area contributed by atoms with Crippen molar-refractivity contribution in [2.75, 3.05) is 0 Å². The molecular weight excluding hydrogens is 209 g/mol. The fraction of sp³-hybridized carbons (Fsp3) is 0.111. The Morgan fingerprint density at radius 3 is 2.40 bits per heavy atom. The molecule has 1 rings (SSSR count). The summed E-state index contributed by atoms with van der Waals surface area (Å²) in [5.74, 6) is -1.55. The minimum absolute atomic E-state index is 0.169. The van der Waals surface area contributed by atoms with Crippen LogP contribution in [-0.2, 0) is 6.18 Å². The predicted molar refractivity (Wildman–Crippen MR) is 47.7 cm³/mol. The maximum absolute atomic E-state index is 12.1. The Bertz CT molecular complexity index is 404. The average Bonchev–Trinajstić information content (AvgIpc) is 2.62. The summed E-state index contributed by atoms with van der Waals surface area (Å²) in [6, 6.07) is 0. The average molecular weight is 216 g/mol. The van der Waals surface area contributed by atoms with Gasteiger partial charge in [0.15, 0.2) is 0 Å². The van der Waals surface area contributed by atoms with E-state index in [1.54, 1.807) is 0 Å². The maximum Gasteiger partial charge on any atom is 0.471 e. The van der Waals surface area contributed by atoms with E-state index < -0.39 is 12.1 Å². The summed E-state index contributed by atoms with van der Waals surface area (Å²) >= 11 is 0. The largest absolute Gasteiger partial charge is 0.471 e. The smallest absolute Gasteiger partial charge is 0.329 e. The van der Waals surface area contributed by atoms with Gasteiger partial charge in [-0.3, -0.25) is 0 Å². The molecule has 80 valence electrons. The third-order valence-electron chi connectivity index (χ3n) is 1.44. The maximum atomic E-state index is 12.1. The Balaban J connectivity index is 3.08. The second kappa shape index (κ2) is 4.12. The van der Waals surface area contributed by atoms with Crippen LogP contribution in [0.25, 0.3) is 5.57 Å². The van der Waals surface area contributed by atoms with Crippen molar-refractivity contribution >= 4 is 5.57 Å². The van der Waals surface area contributed by atoms with Gasteiger partial charge < -0.3 is 4.52 Å². The number of allylic oxidation sites excluding steroid dienone is 4. The lowest BCUT2D eigenvalue weighted by molar-refractivity contribution is -0.159. The summed E-state index contributed by atoms with van der Waals surface area (Å²) in [6.07, 6.45) is -0.503. The molecule has 0 radical (unpaired) electrons. The summed E-state index contributed by atoms with van der Waals surface area (Å²) in [6.45, 7) is 6.81. The van der Waals surface area contributed by atoms with Crippen molar-refractivity contribution in [3.63, 3.8) is 0 Å². The zero-order chi connectivity index (χ0) is 11.5. The van der Waals surface area contributed by atoms with Gasteiger partial charge in [-0.15, -0.1) is 0 Å². The number of aromatic nitrogens is 2. The van der Waals surface area contributed by atoms with Gasteiger partial charge in [-0.05, 0) is 0 Å². The summed E-state index contributed by atoms with van der Waals surface area (Å²) in [5, 5.41) is 3.18. The molecule has 0 aliphatic rings. The van der Waals surface area contributed by atoms with E-state index in [1.807, 2.05) is 0 Å². The van der Waals surface area contributed by atoms with Crippen molar-refractivity contribution in [2.24, 2.45) is 0 Å². The van der Waals surface area contributed by atoms with Crippen molar-refractivity contribution < 1.29 is 17.7 Å². The van der Waals surface area contributed by atoms with Gasteiger partial charge in [0.1, 0.15) is 0 Å². The van der Waals surface area contributed by atoms with Crippen LogP contribution in [0.15, 0.2) is 35.9 Å². The van der Waals surface area contributed by atoms with Gasteiger partial charge in [0.05, 0.1) is 0 Å². The van der Waals surface area contributed by atoms with Gasteiger partial charge in [-0.25, -0.2) is 0 Å². The quantitative estimate of drug-likeness (QED) is 0.729. The molecule has 15 heavy (non-hydrogen) atoms. The van der Waals surface area contributed by atoms with Gasteiger partial charge in [0, 0.05) is 5.57 Å². The van der Waals surface area contributed by atoms with Crippen molar-refractivity contribution in [2.45, 2.75) is 6.18 Å². The number of alkyl halides is 3. The van der Waals surface area contributed by atoms with E-state index >= 15 is 0 Å². The predicted octanol–water partition coefficient (Wildman–Crippen LogP) is 2.84. The number of halogens is 3. The van der Waals surface area contributed by atoms with Crippen LogP contribution in [0.5, 0.6) is 0 Å². The van der Waals surface area contributed by atoms with Gasteiger partial charge in [-0.2, -0.15) is 18.2 Å². The highest BCUT2D eigenvalue weighted by atomic mass is 19.4. The minimum atomic E-state index is -4.63. The van der Waals surface area contributed by atoms with Crippen molar-refractivity contribution in [3.05, 3.63) is 43.1 Å². The molecular formula is C9H7F3N2O. The summed E-state index contributed by atoms with van der Waals surface area (Å²) in [5.41, 5.74) is 0.309. The molecule has 0 aromatic carbocycles. The van der Waals surface area contributed by atoms with Crippen LogP contribution >= 0.6 is 0 Å². The van der Waals surface area contributed by atoms with Gasteiger partial charge in [-0.1, -0.05) is 36.5 Å². The highest BCUT2D eigenvalue weighted by molar-refractivity contribution is 5.69. The topological polar surface area (TPSA) is 38.9 Å². The first-order valence-corrected chi connectivity index (χ1v) is 3.85. The zero-order valence-electron chi connectivity index (χ0n) is 7.58. The van der Waals surface area contributed by atoms with E-state index in [-0.39, 0.29) is 5.82 Å². The molecule has 0 bridgehead atoms. The number of nitrogens with zero attached hydrogens (tertiary/aromatic N) is 2.